The minimum atomic E-state index is -0.359. The van der Waals surface area contributed by atoms with E-state index in [2.05, 4.69) is 0 Å². The summed E-state index contributed by atoms with van der Waals surface area (Å²) in [5, 5.41) is 9.13. The Morgan fingerprint density at radius 1 is 1.47 bits per heavy atom. The van der Waals surface area contributed by atoms with E-state index < -0.39 is 0 Å². The summed E-state index contributed by atoms with van der Waals surface area (Å²) in [6.45, 7) is -0.0558. The number of aliphatic hydroxyl groups excluding tert-OH is 1. The highest BCUT2D eigenvalue weighted by Crippen LogP contribution is 2.27. The monoisotopic (exact) mass is 253 g/mol. The first-order valence-electron chi connectivity index (χ1n) is 6.01. The number of thioether (sulfide) groups is 1. The molecule has 1 aliphatic heterocycles. The van der Waals surface area contributed by atoms with Crippen LogP contribution in [0.2, 0.25) is 0 Å². The van der Waals surface area contributed by atoms with Crippen molar-refractivity contribution in [2.45, 2.75) is 25.0 Å². The van der Waals surface area contributed by atoms with E-state index in [4.69, 9.17) is 15.6 Å². The maximum Gasteiger partial charge on any atom is 0.124 e. The fourth-order valence-electron chi connectivity index (χ4n) is 1.98. The van der Waals surface area contributed by atoms with Gasteiger partial charge in [0.25, 0.3) is 0 Å². The van der Waals surface area contributed by atoms with Gasteiger partial charge in [0.15, 0.2) is 0 Å². The molecule has 0 spiro atoms. The first-order valence-corrected chi connectivity index (χ1v) is 7.16. The van der Waals surface area contributed by atoms with Crippen LogP contribution in [0.4, 0.5) is 0 Å². The van der Waals surface area contributed by atoms with Crippen LogP contribution < -0.4 is 10.5 Å². The molecule has 0 amide bonds. The molecule has 3 N–H and O–H groups in total. The van der Waals surface area contributed by atoms with Gasteiger partial charge in [-0.05, 0) is 24.7 Å². The number of aliphatic hydroxyl groups is 1. The van der Waals surface area contributed by atoms with Crippen molar-refractivity contribution in [2.75, 3.05) is 18.1 Å². The van der Waals surface area contributed by atoms with E-state index in [-0.39, 0.29) is 18.8 Å². The van der Waals surface area contributed by atoms with E-state index in [1.807, 2.05) is 36.0 Å². The van der Waals surface area contributed by atoms with Gasteiger partial charge < -0.3 is 15.6 Å². The molecule has 1 aromatic carbocycles. The Kier molecular flexibility index (Phi) is 4.71. The van der Waals surface area contributed by atoms with E-state index >= 15 is 0 Å². The number of para-hydroxylation sites is 1. The molecule has 17 heavy (non-hydrogen) atoms. The van der Waals surface area contributed by atoms with Gasteiger partial charge in [-0.1, -0.05) is 18.2 Å². The third kappa shape index (κ3) is 3.37. The topological polar surface area (TPSA) is 55.5 Å². The van der Waals surface area contributed by atoms with Gasteiger partial charge in [0.1, 0.15) is 11.9 Å². The summed E-state index contributed by atoms with van der Waals surface area (Å²) >= 11 is 1.94. The highest BCUT2D eigenvalue weighted by molar-refractivity contribution is 7.99. The Labute approximate surface area is 106 Å². The highest BCUT2D eigenvalue weighted by Gasteiger charge is 2.18. The molecule has 0 aromatic heterocycles. The Morgan fingerprint density at radius 3 is 3.00 bits per heavy atom. The zero-order valence-corrected chi connectivity index (χ0v) is 10.7. The van der Waals surface area contributed by atoms with Crippen molar-refractivity contribution in [2.24, 2.45) is 5.73 Å². The average Bonchev–Trinajstić information content (AvgIpc) is 2.40. The summed E-state index contributed by atoms with van der Waals surface area (Å²) in [5.41, 5.74) is 6.76. The van der Waals surface area contributed by atoms with Gasteiger partial charge in [0.05, 0.1) is 12.6 Å². The van der Waals surface area contributed by atoms with Crippen LogP contribution in [0.15, 0.2) is 24.3 Å². The van der Waals surface area contributed by atoms with E-state index in [1.54, 1.807) is 0 Å². The molecule has 2 rings (SSSR count). The number of nitrogens with two attached hydrogens (primary N) is 1. The molecule has 1 saturated heterocycles. The lowest BCUT2D eigenvalue weighted by Crippen LogP contribution is -2.25. The molecule has 2 unspecified atom stereocenters. The lowest BCUT2D eigenvalue weighted by molar-refractivity contribution is 0.204. The number of benzene rings is 1. The summed E-state index contributed by atoms with van der Waals surface area (Å²) in [6.07, 6.45) is 2.60. The molecule has 0 aliphatic carbocycles. The zero-order valence-electron chi connectivity index (χ0n) is 9.84. The van der Waals surface area contributed by atoms with Gasteiger partial charge in [-0.3, -0.25) is 0 Å². The van der Waals surface area contributed by atoms with Crippen molar-refractivity contribution in [3.05, 3.63) is 29.8 Å². The molecule has 94 valence electrons. The lowest BCUT2D eigenvalue weighted by Gasteiger charge is -2.25. The van der Waals surface area contributed by atoms with E-state index in [9.17, 15) is 0 Å². The Balaban J connectivity index is 2.08. The van der Waals surface area contributed by atoms with Crippen molar-refractivity contribution in [3.8, 4) is 5.75 Å². The normalized spacial score (nSPS) is 22.1. The smallest absolute Gasteiger partial charge is 0.124 e. The van der Waals surface area contributed by atoms with Crippen molar-refractivity contribution < 1.29 is 9.84 Å². The zero-order chi connectivity index (χ0) is 12.1. The molecular formula is C13H19NO2S. The second-order valence-corrected chi connectivity index (χ2v) is 5.43. The summed E-state index contributed by atoms with van der Waals surface area (Å²) in [7, 11) is 0. The standard InChI is InChI=1S/C13H19NO2S/c14-12(8-15)11-5-1-2-6-13(11)16-10-4-3-7-17-9-10/h1-2,5-6,10,12,15H,3-4,7-9,14H2. The average molecular weight is 253 g/mol. The molecule has 0 radical (unpaired) electrons. The largest absolute Gasteiger partial charge is 0.489 e. The van der Waals surface area contributed by atoms with Crippen LogP contribution >= 0.6 is 11.8 Å². The molecule has 0 bridgehead atoms. The fraction of sp³-hybridized carbons (Fsp3) is 0.538. The van der Waals surface area contributed by atoms with Crippen LogP contribution in [0.25, 0.3) is 0 Å². The first kappa shape index (κ1) is 12.7. The van der Waals surface area contributed by atoms with Crippen LogP contribution in [0.1, 0.15) is 24.4 Å². The van der Waals surface area contributed by atoms with Gasteiger partial charge in [-0.15, -0.1) is 0 Å². The summed E-state index contributed by atoms with van der Waals surface area (Å²) in [6, 6.07) is 7.37. The minimum absolute atomic E-state index is 0.0558. The summed E-state index contributed by atoms with van der Waals surface area (Å²) in [4.78, 5) is 0. The molecule has 1 heterocycles. The maximum atomic E-state index is 9.13. The predicted octanol–water partition coefficient (Wildman–Crippen LogP) is 1.95. The maximum absolute atomic E-state index is 9.13. The number of ether oxygens (including phenoxy) is 1. The quantitative estimate of drug-likeness (QED) is 0.861. The summed E-state index contributed by atoms with van der Waals surface area (Å²) < 4.78 is 6.00. The van der Waals surface area contributed by atoms with Crippen molar-refractivity contribution in [1.29, 1.82) is 0 Å². The van der Waals surface area contributed by atoms with Crippen LogP contribution in [0.3, 0.4) is 0 Å². The third-order valence-corrected chi connectivity index (χ3v) is 4.11. The Morgan fingerprint density at radius 2 is 2.29 bits per heavy atom. The Bertz CT molecular complexity index is 353. The SMILES string of the molecule is NC(CO)c1ccccc1OC1CCCSC1. The number of hydrogen-bond donors (Lipinski definition) is 2. The molecular weight excluding hydrogens is 234 g/mol. The van der Waals surface area contributed by atoms with Crippen molar-refractivity contribution in [3.63, 3.8) is 0 Å². The molecule has 3 nitrogen and oxygen atoms in total. The van der Waals surface area contributed by atoms with Gasteiger partial charge >= 0.3 is 0 Å². The molecule has 1 aromatic rings. The first-order chi connectivity index (χ1) is 8.31. The Hall–Kier alpha value is -0.710. The van der Waals surface area contributed by atoms with Crippen LogP contribution in [0.5, 0.6) is 5.75 Å². The van der Waals surface area contributed by atoms with E-state index in [0.29, 0.717) is 0 Å². The van der Waals surface area contributed by atoms with Crippen molar-refractivity contribution >= 4 is 11.8 Å². The van der Waals surface area contributed by atoms with Crippen LogP contribution in [-0.2, 0) is 0 Å². The van der Waals surface area contributed by atoms with Gasteiger partial charge in [0.2, 0.25) is 0 Å². The van der Waals surface area contributed by atoms with E-state index in [0.717, 1.165) is 23.5 Å². The molecule has 1 aliphatic rings. The van der Waals surface area contributed by atoms with Gasteiger partial charge in [0, 0.05) is 11.3 Å². The van der Waals surface area contributed by atoms with Crippen LogP contribution in [0, 0.1) is 0 Å². The summed E-state index contributed by atoms with van der Waals surface area (Å²) in [5.74, 6) is 3.10. The predicted molar refractivity (Wildman–Crippen MR) is 71.4 cm³/mol. The fourth-order valence-corrected chi connectivity index (χ4v) is 3.01. The molecule has 4 heteroatoms. The second-order valence-electron chi connectivity index (χ2n) is 4.28. The second kappa shape index (κ2) is 6.28. The lowest BCUT2D eigenvalue weighted by atomic mass is 10.1. The number of hydrogen-bond acceptors (Lipinski definition) is 4. The molecule has 0 saturated carbocycles. The minimum Gasteiger partial charge on any atom is -0.489 e. The van der Waals surface area contributed by atoms with Gasteiger partial charge in [-0.25, -0.2) is 0 Å². The molecule has 2 atom stereocenters. The molecule has 1 fully saturated rings. The van der Waals surface area contributed by atoms with Gasteiger partial charge in [-0.2, -0.15) is 11.8 Å². The van der Waals surface area contributed by atoms with Crippen molar-refractivity contribution in [1.82, 2.24) is 0 Å². The van der Waals surface area contributed by atoms with Crippen LogP contribution in [-0.4, -0.2) is 29.3 Å². The van der Waals surface area contributed by atoms with E-state index in [1.165, 1.54) is 12.2 Å². The highest BCUT2D eigenvalue weighted by atomic mass is 32.2. The number of rotatable bonds is 4. The third-order valence-electron chi connectivity index (χ3n) is 2.93.